The number of carbonyl (C=O) groups is 1. The molecule has 1 unspecified atom stereocenters. The highest BCUT2D eigenvalue weighted by atomic mass is 16.5. The van der Waals surface area contributed by atoms with Crippen molar-refractivity contribution in [2.24, 2.45) is 5.73 Å². The number of carbonyl (C=O) groups excluding carboxylic acids is 1. The van der Waals surface area contributed by atoms with Gasteiger partial charge < -0.3 is 20.5 Å². The van der Waals surface area contributed by atoms with Crippen LogP contribution in [-0.2, 0) is 9.53 Å². The van der Waals surface area contributed by atoms with Gasteiger partial charge in [0, 0.05) is 18.8 Å². The molecule has 1 saturated heterocycles. The molecule has 1 aliphatic heterocycles. The highest BCUT2D eigenvalue weighted by molar-refractivity contribution is 5.86. The lowest BCUT2D eigenvalue weighted by atomic mass is 9.90. The average Bonchev–Trinajstić information content (AvgIpc) is 2.63. The van der Waals surface area contributed by atoms with E-state index in [4.69, 9.17) is 15.2 Å². The molecule has 132 valence electrons. The van der Waals surface area contributed by atoms with Crippen LogP contribution < -0.4 is 15.8 Å². The molecule has 3 N–H and O–H groups in total. The first-order chi connectivity index (χ1) is 12.1. The maximum Gasteiger partial charge on any atom is 0.240 e. The molecule has 0 aliphatic carbocycles. The summed E-state index contributed by atoms with van der Waals surface area (Å²) in [6.07, 6.45) is 1.07. The Labute approximate surface area is 148 Å². The van der Waals surface area contributed by atoms with Gasteiger partial charge in [-0.15, -0.1) is 0 Å². The van der Waals surface area contributed by atoms with E-state index in [1.807, 2.05) is 61.5 Å². The van der Waals surface area contributed by atoms with Crippen LogP contribution in [-0.4, -0.2) is 24.7 Å². The van der Waals surface area contributed by atoms with Crippen molar-refractivity contribution in [3.63, 3.8) is 0 Å². The second-order valence-electron chi connectivity index (χ2n) is 6.42. The van der Waals surface area contributed by atoms with Crippen LogP contribution in [0.4, 0.5) is 0 Å². The number of amides is 1. The topological polar surface area (TPSA) is 73.6 Å². The Morgan fingerprint density at radius 2 is 1.76 bits per heavy atom. The van der Waals surface area contributed by atoms with Gasteiger partial charge >= 0.3 is 0 Å². The standard InChI is InChI=1S/C20H24N2O3/c1-15(22-19(23)20(21)11-13-24-14-12-20)17-9-5-6-10-18(17)25-16-7-3-2-4-8-16/h2-10,15H,11-14,21H2,1H3,(H,22,23). The highest BCUT2D eigenvalue weighted by Crippen LogP contribution is 2.30. The van der Waals surface area contributed by atoms with Crippen LogP contribution >= 0.6 is 0 Å². The van der Waals surface area contributed by atoms with Crippen LogP contribution in [0.5, 0.6) is 11.5 Å². The van der Waals surface area contributed by atoms with Crippen LogP contribution in [0.3, 0.4) is 0 Å². The molecule has 3 rings (SSSR count). The first kappa shape index (κ1) is 17.5. The summed E-state index contributed by atoms with van der Waals surface area (Å²) >= 11 is 0. The van der Waals surface area contributed by atoms with Gasteiger partial charge in [-0.1, -0.05) is 36.4 Å². The van der Waals surface area contributed by atoms with Crippen molar-refractivity contribution < 1.29 is 14.3 Å². The summed E-state index contributed by atoms with van der Waals surface area (Å²) in [6, 6.07) is 17.1. The molecule has 1 aliphatic rings. The van der Waals surface area contributed by atoms with Gasteiger partial charge in [0.2, 0.25) is 5.91 Å². The maximum atomic E-state index is 12.6. The molecule has 2 aromatic carbocycles. The lowest BCUT2D eigenvalue weighted by Gasteiger charge is -2.33. The van der Waals surface area contributed by atoms with Crippen molar-refractivity contribution in [2.45, 2.75) is 31.3 Å². The minimum atomic E-state index is -0.859. The van der Waals surface area contributed by atoms with Gasteiger partial charge in [-0.3, -0.25) is 4.79 Å². The van der Waals surface area contributed by atoms with Crippen molar-refractivity contribution in [3.05, 3.63) is 60.2 Å². The van der Waals surface area contributed by atoms with Crippen LogP contribution in [0.25, 0.3) is 0 Å². The number of hydrogen-bond donors (Lipinski definition) is 2. The van der Waals surface area contributed by atoms with Crippen molar-refractivity contribution in [1.82, 2.24) is 5.32 Å². The molecule has 0 bridgehead atoms. The predicted octanol–water partition coefficient (Wildman–Crippen LogP) is 3.16. The van der Waals surface area contributed by atoms with E-state index in [9.17, 15) is 4.79 Å². The van der Waals surface area contributed by atoms with Gasteiger partial charge in [0.15, 0.2) is 0 Å². The highest BCUT2D eigenvalue weighted by Gasteiger charge is 2.36. The van der Waals surface area contributed by atoms with Gasteiger partial charge in [0.25, 0.3) is 0 Å². The second-order valence-corrected chi connectivity index (χ2v) is 6.42. The molecule has 0 spiro atoms. The quantitative estimate of drug-likeness (QED) is 0.877. The zero-order chi connectivity index (χ0) is 17.7. The molecule has 0 radical (unpaired) electrons. The Morgan fingerprint density at radius 3 is 2.48 bits per heavy atom. The molecule has 5 heteroatoms. The molecule has 0 aromatic heterocycles. The molecule has 2 aromatic rings. The number of nitrogens with two attached hydrogens (primary N) is 1. The van der Waals surface area contributed by atoms with Gasteiger partial charge in [0.1, 0.15) is 11.5 Å². The van der Waals surface area contributed by atoms with E-state index in [1.165, 1.54) is 0 Å². The first-order valence-electron chi connectivity index (χ1n) is 8.58. The Hall–Kier alpha value is -2.37. The Kier molecular flexibility index (Phi) is 5.36. The average molecular weight is 340 g/mol. The third-order valence-corrected chi connectivity index (χ3v) is 4.54. The van der Waals surface area contributed by atoms with Crippen LogP contribution in [0.1, 0.15) is 31.4 Å². The fraction of sp³-hybridized carbons (Fsp3) is 0.350. The minimum absolute atomic E-state index is 0.141. The van der Waals surface area contributed by atoms with E-state index in [0.717, 1.165) is 17.1 Å². The number of para-hydroxylation sites is 2. The molecular weight excluding hydrogens is 316 g/mol. The molecule has 0 saturated carbocycles. The van der Waals surface area contributed by atoms with E-state index in [0.29, 0.717) is 26.1 Å². The van der Waals surface area contributed by atoms with Crippen molar-refractivity contribution in [1.29, 1.82) is 0 Å². The van der Waals surface area contributed by atoms with E-state index >= 15 is 0 Å². The smallest absolute Gasteiger partial charge is 0.240 e. The largest absolute Gasteiger partial charge is 0.457 e. The lowest BCUT2D eigenvalue weighted by molar-refractivity contribution is -0.130. The molecule has 1 atom stereocenters. The summed E-state index contributed by atoms with van der Waals surface area (Å²) in [5.74, 6) is 1.34. The zero-order valence-electron chi connectivity index (χ0n) is 14.4. The third-order valence-electron chi connectivity index (χ3n) is 4.54. The number of nitrogens with one attached hydrogen (secondary N) is 1. The van der Waals surface area contributed by atoms with Crippen LogP contribution in [0.2, 0.25) is 0 Å². The normalized spacial score (nSPS) is 17.5. The lowest BCUT2D eigenvalue weighted by Crippen LogP contribution is -2.57. The number of hydrogen-bond acceptors (Lipinski definition) is 4. The van der Waals surface area contributed by atoms with Gasteiger partial charge in [-0.2, -0.15) is 0 Å². The van der Waals surface area contributed by atoms with Crippen molar-refractivity contribution in [2.75, 3.05) is 13.2 Å². The van der Waals surface area contributed by atoms with Gasteiger partial charge in [-0.05, 0) is 38.0 Å². The summed E-state index contributed by atoms with van der Waals surface area (Å²) in [5.41, 5.74) is 6.32. The van der Waals surface area contributed by atoms with Crippen molar-refractivity contribution >= 4 is 5.91 Å². The number of benzene rings is 2. The molecule has 5 nitrogen and oxygen atoms in total. The Bertz CT molecular complexity index is 712. The number of ether oxygens (including phenoxy) is 2. The Morgan fingerprint density at radius 1 is 1.12 bits per heavy atom. The van der Waals surface area contributed by atoms with E-state index < -0.39 is 5.54 Å². The minimum Gasteiger partial charge on any atom is -0.457 e. The number of rotatable bonds is 5. The second kappa shape index (κ2) is 7.68. The van der Waals surface area contributed by atoms with Gasteiger partial charge in [0.05, 0.1) is 11.6 Å². The van der Waals surface area contributed by atoms with E-state index in [1.54, 1.807) is 0 Å². The SMILES string of the molecule is CC(NC(=O)C1(N)CCOCC1)c1ccccc1Oc1ccccc1. The summed E-state index contributed by atoms with van der Waals surface area (Å²) in [4.78, 5) is 12.6. The first-order valence-corrected chi connectivity index (χ1v) is 8.58. The van der Waals surface area contributed by atoms with E-state index in [-0.39, 0.29) is 11.9 Å². The molecule has 1 heterocycles. The van der Waals surface area contributed by atoms with Gasteiger partial charge in [-0.25, -0.2) is 0 Å². The zero-order valence-corrected chi connectivity index (χ0v) is 14.4. The third kappa shape index (κ3) is 4.18. The predicted molar refractivity (Wildman–Crippen MR) is 96.5 cm³/mol. The summed E-state index contributed by atoms with van der Waals surface area (Å²) in [7, 11) is 0. The summed E-state index contributed by atoms with van der Waals surface area (Å²) < 4.78 is 11.3. The summed E-state index contributed by atoms with van der Waals surface area (Å²) in [5, 5.41) is 3.03. The van der Waals surface area contributed by atoms with Crippen molar-refractivity contribution in [3.8, 4) is 11.5 Å². The van der Waals surface area contributed by atoms with Crippen LogP contribution in [0, 0.1) is 0 Å². The molecule has 1 fully saturated rings. The van der Waals surface area contributed by atoms with Crippen LogP contribution in [0.15, 0.2) is 54.6 Å². The Balaban J connectivity index is 1.73. The molecule has 1 amide bonds. The maximum absolute atomic E-state index is 12.6. The fourth-order valence-electron chi connectivity index (χ4n) is 2.93. The molecular formula is C20H24N2O3. The fourth-order valence-corrected chi connectivity index (χ4v) is 2.93. The van der Waals surface area contributed by atoms with E-state index in [2.05, 4.69) is 5.32 Å². The molecule has 25 heavy (non-hydrogen) atoms. The monoisotopic (exact) mass is 340 g/mol. The summed E-state index contributed by atoms with van der Waals surface area (Å²) in [6.45, 7) is 2.98.